The number of aliphatic hydroxyl groups is 1. The molecule has 4 aromatic rings. The molecule has 1 atom stereocenters. The largest absolute Gasteiger partial charge is 0.397 e. The minimum atomic E-state index is -0.619. The summed E-state index contributed by atoms with van der Waals surface area (Å²) in [4.78, 5) is 24.6. The number of benzene rings is 1. The minimum Gasteiger partial charge on any atom is -0.397 e. The highest BCUT2D eigenvalue weighted by molar-refractivity contribution is 7.21. The Hall–Kier alpha value is -3.27. The molecule has 1 aromatic carbocycles. The van der Waals surface area contributed by atoms with E-state index in [1.54, 1.807) is 6.20 Å². The van der Waals surface area contributed by atoms with Crippen molar-refractivity contribution in [3.05, 3.63) is 58.6 Å². The van der Waals surface area contributed by atoms with E-state index in [-0.39, 0.29) is 0 Å². The van der Waals surface area contributed by atoms with Gasteiger partial charge >= 0.3 is 0 Å². The number of aryl methyl sites for hydroxylation is 1. The van der Waals surface area contributed by atoms with Gasteiger partial charge in [-0.3, -0.25) is 9.78 Å². The van der Waals surface area contributed by atoms with Gasteiger partial charge < -0.3 is 26.8 Å². The van der Waals surface area contributed by atoms with Crippen molar-refractivity contribution in [2.75, 3.05) is 30.3 Å². The number of piperidine rings is 1. The van der Waals surface area contributed by atoms with Crippen LogP contribution in [0, 0.1) is 0 Å². The normalized spacial score (nSPS) is 15.6. The molecule has 1 aliphatic heterocycles. The lowest BCUT2D eigenvalue weighted by Gasteiger charge is -2.34. The second-order valence-corrected chi connectivity index (χ2v) is 10.4. The number of amides is 1. The van der Waals surface area contributed by atoms with Crippen molar-refractivity contribution in [2.45, 2.75) is 44.8 Å². The van der Waals surface area contributed by atoms with Gasteiger partial charge in [-0.15, -0.1) is 11.3 Å². The van der Waals surface area contributed by atoms with Crippen molar-refractivity contribution in [1.82, 2.24) is 15.3 Å². The van der Waals surface area contributed by atoms with Gasteiger partial charge in [-0.25, -0.2) is 4.98 Å². The van der Waals surface area contributed by atoms with Crippen LogP contribution < -0.4 is 21.7 Å². The zero-order valence-electron chi connectivity index (χ0n) is 20.4. The molecule has 36 heavy (non-hydrogen) atoms. The van der Waals surface area contributed by atoms with Crippen LogP contribution in [0.15, 0.2) is 42.6 Å². The van der Waals surface area contributed by atoms with E-state index in [1.165, 1.54) is 11.3 Å². The van der Waals surface area contributed by atoms with Gasteiger partial charge in [0.1, 0.15) is 15.5 Å². The number of carbonyl (C=O) groups excluding carboxylic acids is 1. The molecule has 9 heteroatoms. The van der Waals surface area contributed by atoms with Crippen molar-refractivity contribution in [1.29, 1.82) is 0 Å². The molecule has 1 amide bonds. The first-order chi connectivity index (χ1) is 17.5. The van der Waals surface area contributed by atoms with Gasteiger partial charge in [0.2, 0.25) is 0 Å². The maximum absolute atomic E-state index is 11.8. The van der Waals surface area contributed by atoms with Gasteiger partial charge in [-0.1, -0.05) is 37.6 Å². The van der Waals surface area contributed by atoms with Gasteiger partial charge in [0.05, 0.1) is 17.3 Å². The molecule has 1 saturated heterocycles. The number of primary amides is 1. The Kier molecular flexibility index (Phi) is 7.04. The molecule has 3 aromatic heterocycles. The maximum Gasteiger partial charge on any atom is 0.260 e. The Morgan fingerprint density at radius 3 is 2.81 bits per heavy atom. The highest BCUT2D eigenvalue weighted by atomic mass is 32.1. The number of nitrogens with two attached hydrogens (primary N) is 2. The van der Waals surface area contributed by atoms with Crippen LogP contribution in [0.2, 0.25) is 0 Å². The number of carbonyl (C=O) groups is 1. The van der Waals surface area contributed by atoms with Gasteiger partial charge in [0.25, 0.3) is 5.91 Å². The fourth-order valence-corrected chi connectivity index (χ4v) is 6.08. The van der Waals surface area contributed by atoms with Crippen LogP contribution in [0.1, 0.15) is 53.1 Å². The summed E-state index contributed by atoms with van der Waals surface area (Å²) in [5.41, 5.74) is 15.1. The summed E-state index contributed by atoms with van der Waals surface area (Å²) in [6.07, 6.45) is 4.87. The zero-order valence-corrected chi connectivity index (χ0v) is 21.2. The monoisotopic (exact) mass is 504 g/mol. The number of rotatable bonds is 8. The average Bonchev–Trinajstić information content (AvgIpc) is 3.24. The number of nitrogen functional groups attached to an aromatic ring is 1. The molecule has 1 fully saturated rings. The van der Waals surface area contributed by atoms with Crippen LogP contribution in [-0.4, -0.2) is 46.7 Å². The predicted octanol–water partition coefficient (Wildman–Crippen LogP) is 3.77. The lowest BCUT2D eigenvalue weighted by Crippen LogP contribution is -2.44. The third-order valence-corrected chi connectivity index (χ3v) is 8.07. The summed E-state index contributed by atoms with van der Waals surface area (Å²) in [6, 6.07) is 12.3. The Morgan fingerprint density at radius 1 is 1.28 bits per heavy atom. The Bertz CT molecular complexity index is 1390. The number of hydrogen-bond acceptors (Lipinski definition) is 8. The SMILES string of the molecule is CCCc1cc(N2CCC(NCC(O)c3cccc4cccnc34)CC2)nc2sc(C(N)=O)c(N)c12. The van der Waals surface area contributed by atoms with E-state index in [0.29, 0.717) is 23.2 Å². The Balaban J connectivity index is 1.25. The number of hydrogen-bond donors (Lipinski definition) is 4. The Labute approximate surface area is 214 Å². The number of nitrogens with one attached hydrogen (secondary N) is 1. The molecular weight excluding hydrogens is 472 g/mol. The molecule has 1 unspecified atom stereocenters. The van der Waals surface area contributed by atoms with Crippen molar-refractivity contribution >= 4 is 49.9 Å². The fourth-order valence-electron chi connectivity index (χ4n) is 5.09. The molecule has 4 heterocycles. The smallest absolute Gasteiger partial charge is 0.260 e. The van der Waals surface area contributed by atoms with Crippen LogP contribution in [0.4, 0.5) is 11.5 Å². The molecule has 8 nitrogen and oxygen atoms in total. The first kappa shape index (κ1) is 24.4. The van der Waals surface area contributed by atoms with Crippen LogP contribution in [0.25, 0.3) is 21.1 Å². The molecule has 0 saturated carbocycles. The summed E-state index contributed by atoms with van der Waals surface area (Å²) < 4.78 is 0. The van der Waals surface area contributed by atoms with Crippen molar-refractivity contribution in [2.24, 2.45) is 5.73 Å². The molecule has 188 valence electrons. The molecule has 0 bridgehead atoms. The van der Waals surface area contributed by atoms with E-state index in [2.05, 4.69) is 28.2 Å². The summed E-state index contributed by atoms with van der Waals surface area (Å²) >= 11 is 1.28. The number of nitrogens with zero attached hydrogens (tertiary/aromatic N) is 3. The fraction of sp³-hybridized carbons (Fsp3) is 0.370. The first-order valence-electron chi connectivity index (χ1n) is 12.5. The summed E-state index contributed by atoms with van der Waals surface area (Å²) in [5, 5.41) is 16.3. The van der Waals surface area contributed by atoms with Gasteiger partial charge in [-0.2, -0.15) is 0 Å². The first-order valence-corrected chi connectivity index (χ1v) is 13.3. The number of para-hydroxylation sites is 1. The summed E-state index contributed by atoms with van der Waals surface area (Å²) in [5.74, 6) is 0.413. The number of anilines is 2. The molecule has 0 aliphatic carbocycles. The van der Waals surface area contributed by atoms with Crippen molar-refractivity contribution in [3.8, 4) is 0 Å². The van der Waals surface area contributed by atoms with E-state index in [4.69, 9.17) is 16.5 Å². The number of aromatic nitrogens is 2. The van der Waals surface area contributed by atoms with Crippen LogP contribution >= 0.6 is 11.3 Å². The molecular formula is C27H32N6O2S. The van der Waals surface area contributed by atoms with E-state index >= 15 is 0 Å². The standard InChI is InChI=1S/C27H32N6O2S/c1-2-5-17-14-21(32-27-22(17)23(28)25(36-27)26(29)35)33-12-9-18(10-13-33)31-15-20(34)19-8-3-6-16-7-4-11-30-24(16)19/h3-4,6-8,11,14,18,20,31,34H,2,5,9-10,12-13,15,28H2,1H3,(H2,29,35). The van der Waals surface area contributed by atoms with E-state index in [9.17, 15) is 9.90 Å². The molecule has 0 radical (unpaired) electrons. The molecule has 1 aliphatic rings. The number of fused-ring (bicyclic) bond motifs is 2. The van der Waals surface area contributed by atoms with Gasteiger partial charge in [-0.05, 0) is 37.0 Å². The average molecular weight is 505 g/mol. The second kappa shape index (κ2) is 10.4. The molecule has 6 N–H and O–H groups in total. The van der Waals surface area contributed by atoms with Crippen LogP contribution in [0.5, 0.6) is 0 Å². The lowest BCUT2D eigenvalue weighted by atomic mass is 10.0. The third-order valence-electron chi connectivity index (χ3n) is 6.95. The topological polar surface area (TPSA) is 130 Å². The number of pyridine rings is 2. The predicted molar refractivity (Wildman–Crippen MR) is 146 cm³/mol. The number of aliphatic hydroxyl groups excluding tert-OH is 1. The molecule has 0 spiro atoms. The van der Waals surface area contributed by atoms with Gasteiger partial charge in [0, 0.05) is 48.2 Å². The van der Waals surface area contributed by atoms with E-state index < -0.39 is 12.0 Å². The molecule has 5 rings (SSSR count). The second-order valence-electron chi connectivity index (χ2n) is 9.39. The number of thiophene rings is 1. The zero-order chi connectivity index (χ0) is 25.2. The van der Waals surface area contributed by atoms with Gasteiger partial charge in [0.15, 0.2) is 0 Å². The quantitative estimate of drug-likeness (QED) is 0.287. The summed E-state index contributed by atoms with van der Waals surface area (Å²) in [7, 11) is 0. The third kappa shape index (κ3) is 4.74. The van der Waals surface area contributed by atoms with E-state index in [0.717, 1.165) is 76.8 Å². The van der Waals surface area contributed by atoms with Crippen molar-refractivity contribution in [3.63, 3.8) is 0 Å². The highest BCUT2D eigenvalue weighted by Crippen LogP contribution is 2.37. The lowest BCUT2D eigenvalue weighted by molar-refractivity contribution is 0.100. The summed E-state index contributed by atoms with van der Waals surface area (Å²) in [6.45, 7) is 4.33. The highest BCUT2D eigenvalue weighted by Gasteiger charge is 2.24. The van der Waals surface area contributed by atoms with Crippen LogP contribution in [-0.2, 0) is 6.42 Å². The van der Waals surface area contributed by atoms with Crippen LogP contribution in [0.3, 0.4) is 0 Å². The maximum atomic E-state index is 11.8. The Morgan fingerprint density at radius 2 is 2.06 bits per heavy atom. The van der Waals surface area contributed by atoms with E-state index in [1.807, 2.05) is 30.3 Å². The van der Waals surface area contributed by atoms with Crippen molar-refractivity contribution < 1.29 is 9.90 Å². The minimum absolute atomic E-state index is 0.316.